The summed E-state index contributed by atoms with van der Waals surface area (Å²) in [7, 11) is 0. The van der Waals surface area contributed by atoms with Crippen LogP contribution in [0, 0.1) is 5.92 Å². The SMILES string of the molecule is CC[C@@H](C)N(CC(=O)O)C(=O)[C@H]1CNC(=O)C1. The Bertz CT molecular complexity index is 329. The van der Waals surface area contributed by atoms with E-state index in [1.165, 1.54) is 4.90 Å². The number of amides is 2. The molecule has 1 aliphatic rings. The standard InChI is InChI=1S/C11H18N2O4/c1-3-7(2)13(6-10(15)16)11(17)8-4-9(14)12-5-8/h7-8H,3-6H2,1-2H3,(H,12,14)(H,15,16)/t7-,8-/m1/s1. The van der Waals surface area contributed by atoms with Crippen molar-refractivity contribution in [3.8, 4) is 0 Å². The smallest absolute Gasteiger partial charge is 0.323 e. The highest BCUT2D eigenvalue weighted by Crippen LogP contribution is 2.15. The molecule has 6 nitrogen and oxygen atoms in total. The van der Waals surface area contributed by atoms with Crippen LogP contribution < -0.4 is 5.32 Å². The van der Waals surface area contributed by atoms with Gasteiger partial charge in [-0.25, -0.2) is 0 Å². The van der Waals surface area contributed by atoms with Crippen LogP contribution in [0.5, 0.6) is 0 Å². The van der Waals surface area contributed by atoms with Gasteiger partial charge in [0, 0.05) is 19.0 Å². The second-order valence-electron chi connectivity index (χ2n) is 4.32. The van der Waals surface area contributed by atoms with Gasteiger partial charge in [0.25, 0.3) is 0 Å². The van der Waals surface area contributed by atoms with E-state index < -0.39 is 11.9 Å². The van der Waals surface area contributed by atoms with Crippen molar-refractivity contribution in [3.63, 3.8) is 0 Å². The van der Waals surface area contributed by atoms with Crippen LogP contribution in [0.4, 0.5) is 0 Å². The third-order valence-electron chi connectivity index (χ3n) is 3.04. The van der Waals surface area contributed by atoms with Crippen molar-refractivity contribution < 1.29 is 19.5 Å². The number of carbonyl (C=O) groups excluding carboxylic acids is 2. The molecule has 1 fully saturated rings. The summed E-state index contributed by atoms with van der Waals surface area (Å²) < 4.78 is 0. The normalized spacial score (nSPS) is 20.8. The second-order valence-corrected chi connectivity index (χ2v) is 4.32. The molecule has 0 bridgehead atoms. The van der Waals surface area contributed by atoms with Gasteiger partial charge in [-0.3, -0.25) is 14.4 Å². The predicted octanol–water partition coefficient (Wildman–Crippen LogP) is -0.166. The van der Waals surface area contributed by atoms with Crippen LogP contribution in [0.15, 0.2) is 0 Å². The molecule has 0 radical (unpaired) electrons. The molecule has 1 rings (SSSR count). The highest BCUT2D eigenvalue weighted by atomic mass is 16.4. The van der Waals surface area contributed by atoms with Crippen molar-refractivity contribution in [2.75, 3.05) is 13.1 Å². The lowest BCUT2D eigenvalue weighted by molar-refractivity contribution is -0.148. The third-order valence-corrected chi connectivity index (χ3v) is 3.04. The Morgan fingerprint density at radius 1 is 1.59 bits per heavy atom. The maximum atomic E-state index is 12.1. The van der Waals surface area contributed by atoms with Gasteiger partial charge in [-0.2, -0.15) is 0 Å². The Morgan fingerprint density at radius 3 is 2.65 bits per heavy atom. The summed E-state index contributed by atoms with van der Waals surface area (Å²) in [4.78, 5) is 35.2. The quantitative estimate of drug-likeness (QED) is 0.701. The molecule has 0 spiro atoms. The molecule has 0 unspecified atom stereocenters. The Balaban J connectivity index is 2.71. The Kier molecular flexibility index (Phi) is 4.48. The summed E-state index contributed by atoms with van der Waals surface area (Å²) in [5.41, 5.74) is 0. The van der Waals surface area contributed by atoms with E-state index in [2.05, 4.69) is 5.32 Å². The van der Waals surface area contributed by atoms with Gasteiger partial charge in [0.2, 0.25) is 11.8 Å². The van der Waals surface area contributed by atoms with Gasteiger partial charge in [-0.05, 0) is 13.3 Å². The predicted molar refractivity (Wildman–Crippen MR) is 60.2 cm³/mol. The van der Waals surface area contributed by atoms with Gasteiger partial charge in [-0.15, -0.1) is 0 Å². The van der Waals surface area contributed by atoms with Crippen molar-refractivity contribution in [2.24, 2.45) is 5.92 Å². The number of nitrogens with one attached hydrogen (secondary N) is 1. The van der Waals surface area contributed by atoms with Gasteiger partial charge < -0.3 is 15.3 Å². The Labute approximate surface area is 100.0 Å². The molecule has 2 amide bonds. The highest BCUT2D eigenvalue weighted by molar-refractivity contribution is 5.90. The first kappa shape index (κ1) is 13.5. The van der Waals surface area contributed by atoms with Crippen molar-refractivity contribution >= 4 is 17.8 Å². The fourth-order valence-corrected chi connectivity index (χ4v) is 1.83. The zero-order valence-electron chi connectivity index (χ0n) is 10.1. The number of nitrogens with zero attached hydrogens (tertiary/aromatic N) is 1. The fourth-order valence-electron chi connectivity index (χ4n) is 1.83. The minimum Gasteiger partial charge on any atom is -0.480 e. The molecule has 1 saturated heterocycles. The fraction of sp³-hybridized carbons (Fsp3) is 0.727. The van der Waals surface area contributed by atoms with Crippen LogP contribution in [-0.4, -0.2) is 46.9 Å². The molecule has 0 aromatic rings. The third kappa shape index (κ3) is 3.44. The molecule has 0 aromatic heterocycles. The molecule has 0 aliphatic carbocycles. The molecular weight excluding hydrogens is 224 g/mol. The van der Waals surface area contributed by atoms with Gasteiger partial charge in [0.15, 0.2) is 0 Å². The van der Waals surface area contributed by atoms with Crippen LogP contribution in [0.1, 0.15) is 26.7 Å². The first-order valence-electron chi connectivity index (χ1n) is 5.74. The van der Waals surface area contributed by atoms with E-state index >= 15 is 0 Å². The number of hydrogen-bond donors (Lipinski definition) is 2. The summed E-state index contributed by atoms with van der Waals surface area (Å²) in [5, 5.41) is 11.4. The van der Waals surface area contributed by atoms with E-state index in [9.17, 15) is 14.4 Å². The number of carboxylic acids is 1. The minimum atomic E-state index is -1.03. The van der Waals surface area contributed by atoms with E-state index in [0.29, 0.717) is 13.0 Å². The highest BCUT2D eigenvalue weighted by Gasteiger charge is 2.33. The monoisotopic (exact) mass is 242 g/mol. The van der Waals surface area contributed by atoms with Crippen LogP contribution in [0.3, 0.4) is 0 Å². The Hall–Kier alpha value is -1.59. The maximum absolute atomic E-state index is 12.1. The van der Waals surface area contributed by atoms with Crippen LogP contribution in [-0.2, 0) is 14.4 Å². The molecule has 6 heteroatoms. The largest absolute Gasteiger partial charge is 0.480 e. The number of carboxylic acid groups (broad SMARTS) is 1. The second kappa shape index (κ2) is 5.65. The van der Waals surface area contributed by atoms with Gasteiger partial charge in [0.1, 0.15) is 6.54 Å². The van der Waals surface area contributed by atoms with E-state index in [4.69, 9.17) is 5.11 Å². The summed E-state index contributed by atoms with van der Waals surface area (Å²) >= 11 is 0. The van der Waals surface area contributed by atoms with E-state index in [1.807, 2.05) is 13.8 Å². The number of hydrogen-bond acceptors (Lipinski definition) is 3. The first-order chi connectivity index (χ1) is 7.95. The van der Waals surface area contributed by atoms with Crippen LogP contribution in [0.25, 0.3) is 0 Å². The average Bonchev–Trinajstić information content (AvgIpc) is 2.70. The molecule has 0 saturated carbocycles. The summed E-state index contributed by atoms with van der Waals surface area (Å²) in [5.74, 6) is -1.85. The molecule has 0 aromatic carbocycles. The van der Waals surface area contributed by atoms with Crippen LogP contribution in [0.2, 0.25) is 0 Å². The first-order valence-corrected chi connectivity index (χ1v) is 5.74. The van der Waals surface area contributed by atoms with Gasteiger partial charge in [-0.1, -0.05) is 6.92 Å². The van der Waals surface area contributed by atoms with Crippen molar-refractivity contribution in [1.82, 2.24) is 10.2 Å². The molecule has 1 aliphatic heterocycles. The molecule has 1 heterocycles. The lowest BCUT2D eigenvalue weighted by Crippen LogP contribution is -2.45. The van der Waals surface area contributed by atoms with Gasteiger partial charge in [0.05, 0.1) is 5.92 Å². The Morgan fingerprint density at radius 2 is 2.24 bits per heavy atom. The van der Waals surface area contributed by atoms with Crippen LogP contribution >= 0.6 is 0 Å². The summed E-state index contributed by atoms with van der Waals surface area (Å²) in [6.07, 6.45) is 0.846. The molecule has 17 heavy (non-hydrogen) atoms. The molecular formula is C11H18N2O4. The zero-order chi connectivity index (χ0) is 13.0. The number of rotatable bonds is 5. The van der Waals surface area contributed by atoms with Crippen molar-refractivity contribution in [1.29, 1.82) is 0 Å². The summed E-state index contributed by atoms with van der Waals surface area (Å²) in [6, 6.07) is -0.130. The lowest BCUT2D eigenvalue weighted by atomic mass is 10.1. The van der Waals surface area contributed by atoms with E-state index in [0.717, 1.165) is 0 Å². The molecule has 96 valence electrons. The molecule has 2 atom stereocenters. The number of aliphatic carboxylic acids is 1. The van der Waals surface area contributed by atoms with Crippen molar-refractivity contribution in [2.45, 2.75) is 32.7 Å². The van der Waals surface area contributed by atoms with Crippen molar-refractivity contribution in [3.05, 3.63) is 0 Å². The zero-order valence-corrected chi connectivity index (χ0v) is 10.1. The van der Waals surface area contributed by atoms with E-state index in [1.54, 1.807) is 0 Å². The molecule has 2 N–H and O–H groups in total. The minimum absolute atomic E-state index is 0.130. The number of carbonyl (C=O) groups is 3. The maximum Gasteiger partial charge on any atom is 0.323 e. The average molecular weight is 242 g/mol. The lowest BCUT2D eigenvalue weighted by Gasteiger charge is -2.28. The van der Waals surface area contributed by atoms with E-state index in [-0.39, 0.29) is 30.8 Å². The summed E-state index contributed by atoms with van der Waals surface area (Å²) in [6.45, 7) is 3.71. The van der Waals surface area contributed by atoms with Gasteiger partial charge >= 0.3 is 5.97 Å². The topological polar surface area (TPSA) is 86.7 Å².